The molecule has 1 saturated heterocycles. The molecule has 1 amide bonds. The minimum Gasteiger partial charge on any atom is -0.497 e. The number of amides is 1. The number of carbonyl (C=O) groups excluding carboxylic acids is 1. The van der Waals surface area contributed by atoms with Gasteiger partial charge in [-0.3, -0.25) is 4.79 Å². The van der Waals surface area contributed by atoms with Crippen LogP contribution in [0, 0.1) is 0 Å². The van der Waals surface area contributed by atoms with E-state index in [4.69, 9.17) is 4.74 Å². The molecule has 1 atom stereocenters. The summed E-state index contributed by atoms with van der Waals surface area (Å²) in [6, 6.07) is 11.1. The first-order valence-corrected chi connectivity index (χ1v) is 10.7. The molecule has 0 radical (unpaired) electrons. The van der Waals surface area contributed by atoms with Crippen LogP contribution in [0.5, 0.6) is 5.75 Å². The van der Waals surface area contributed by atoms with E-state index in [0.717, 1.165) is 16.2 Å². The lowest BCUT2D eigenvalue weighted by molar-refractivity contribution is -0.130. The SMILES string of the molecule is COc1ccc(CC(=O)N2CCC(c3cccs3)S(=O)(=O)CC2)cc1. The first-order chi connectivity index (χ1) is 12.0. The van der Waals surface area contributed by atoms with E-state index in [1.807, 2.05) is 41.8 Å². The standard InChI is InChI=1S/C18H21NO4S2/c1-23-15-6-4-14(5-7-15)13-18(20)19-9-8-17(16-3-2-11-24-16)25(21,22)12-10-19/h2-7,11,17H,8-10,12-13H2,1H3. The maximum absolute atomic E-state index is 12.6. The monoisotopic (exact) mass is 379 g/mol. The van der Waals surface area contributed by atoms with Gasteiger partial charge in [0.15, 0.2) is 9.84 Å². The Morgan fingerprint density at radius 1 is 1.24 bits per heavy atom. The molecule has 0 spiro atoms. The topological polar surface area (TPSA) is 63.7 Å². The molecule has 2 aromatic rings. The van der Waals surface area contributed by atoms with Crippen LogP contribution < -0.4 is 4.74 Å². The normalized spacial score (nSPS) is 20.0. The summed E-state index contributed by atoms with van der Waals surface area (Å²) in [7, 11) is -1.63. The fourth-order valence-corrected chi connectivity index (χ4v) is 6.02. The second-order valence-corrected chi connectivity index (χ2v) is 9.35. The van der Waals surface area contributed by atoms with Gasteiger partial charge in [0.25, 0.3) is 0 Å². The highest BCUT2D eigenvalue weighted by Gasteiger charge is 2.33. The Morgan fingerprint density at radius 3 is 2.64 bits per heavy atom. The van der Waals surface area contributed by atoms with E-state index >= 15 is 0 Å². The van der Waals surface area contributed by atoms with Crippen LogP contribution in [0.15, 0.2) is 41.8 Å². The summed E-state index contributed by atoms with van der Waals surface area (Å²) in [5, 5.41) is 1.40. The van der Waals surface area contributed by atoms with Crippen LogP contribution in [-0.4, -0.2) is 45.2 Å². The van der Waals surface area contributed by atoms with Gasteiger partial charge in [-0.05, 0) is 35.6 Å². The largest absolute Gasteiger partial charge is 0.497 e. The molecule has 5 nitrogen and oxygen atoms in total. The smallest absolute Gasteiger partial charge is 0.227 e. The number of hydrogen-bond donors (Lipinski definition) is 0. The van der Waals surface area contributed by atoms with Crippen molar-refractivity contribution in [2.45, 2.75) is 18.1 Å². The minimum absolute atomic E-state index is 0.0178. The van der Waals surface area contributed by atoms with Crippen molar-refractivity contribution < 1.29 is 17.9 Å². The van der Waals surface area contributed by atoms with Gasteiger partial charge in [0, 0.05) is 18.0 Å². The van der Waals surface area contributed by atoms with Crippen molar-refractivity contribution in [2.75, 3.05) is 26.0 Å². The summed E-state index contributed by atoms with van der Waals surface area (Å²) < 4.78 is 30.2. The molecule has 134 valence electrons. The third-order valence-electron chi connectivity index (χ3n) is 4.47. The van der Waals surface area contributed by atoms with Gasteiger partial charge in [0.1, 0.15) is 5.75 Å². The van der Waals surface area contributed by atoms with E-state index in [2.05, 4.69) is 0 Å². The molecular weight excluding hydrogens is 358 g/mol. The molecule has 1 aliphatic rings. The first-order valence-electron chi connectivity index (χ1n) is 8.15. The van der Waals surface area contributed by atoms with Crippen molar-refractivity contribution in [2.24, 2.45) is 0 Å². The van der Waals surface area contributed by atoms with Crippen LogP contribution in [0.1, 0.15) is 22.1 Å². The Balaban J connectivity index is 1.68. The molecule has 7 heteroatoms. The quantitative estimate of drug-likeness (QED) is 0.819. The average Bonchev–Trinajstić information content (AvgIpc) is 3.07. The summed E-state index contributed by atoms with van der Waals surface area (Å²) >= 11 is 1.46. The van der Waals surface area contributed by atoms with E-state index in [-0.39, 0.29) is 24.6 Å². The zero-order valence-corrected chi connectivity index (χ0v) is 15.7. The van der Waals surface area contributed by atoms with Gasteiger partial charge < -0.3 is 9.64 Å². The number of benzene rings is 1. The maximum Gasteiger partial charge on any atom is 0.227 e. The van der Waals surface area contributed by atoms with E-state index in [1.165, 1.54) is 11.3 Å². The molecule has 1 fully saturated rings. The van der Waals surface area contributed by atoms with E-state index in [9.17, 15) is 13.2 Å². The molecular formula is C18H21NO4S2. The number of carbonyl (C=O) groups is 1. The van der Waals surface area contributed by atoms with Crippen LogP contribution in [0.4, 0.5) is 0 Å². The predicted molar refractivity (Wildman–Crippen MR) is 98.7 cm³/mol. The van der Waals surface area contributed by atoms with E-state index in [0.29, 0.717) is 13.0 Å². The van der Waals surface area contributed by atoms with E-state index < -0.39 is 15.1 Å². The Labute approximate surface area is 152 Å². The molecule has 25 heavy (non-hydrogen) atoms. The van der Waals surface area contributed by atoms with Crippen molar-refractivity contribution >= 4 is 27.1 Å². The molecule has 0 bridgehead atoms. The first kappa shape index (κ1) is 17.9. The molecule has 1 aliphatic heterocycles. The zero-order valence-electron chi connectivity index (χ0n) is 14.1. The number of rotatable bonds is 4. The molecule has 0 saturated carbocycles. The van der Waals surface area contributed by atoms with Gasteiger partial charge in [-0.25, -0.2) is 8.42 Å². The number of ether oxygens (including phenoxy) is 1. The van der Waals surface area contributed by atoms with E-state index in [1.54, 1.807) is 12.0 Å². The van der Waals surface area contributed by atoms with Crippen molar-refractivity contribution in [3.8, 4) is 5.75 Å². The van der Waals surface area contributed by atoms with Crippen LogP contribution >= 0.6 is 11.3 Å². The van der Waals surface area contributed by atoms with Crippen LogP contribution in [0.2, 0.25) is 0 Å². The highest BCUT2D eigenvalue weighted by atomic mass is 32.2. The van der Waals surface area contributed by atoms with Gasteiger partial charge in [-0.2, -0.15) is 0 Å². The summed E-state index contributed by atoms with van der Waals surface area (Å²) in [5.74, 6) is 0.729. The fraction of sp³-hybridized carbons (Fsp3) is 0.389. The minimum atomic E-state index is -3.23. The number of thiophene rings is 1. The maximum atomic E-state index is 12.6. The molecule has 0 N–H and O–H groups in total. The molecule has 1 aromatic heterocycles. The summed E-state index contributed by atoms with van der Waals surface area (Å²) in [5.41, 5.74) is 0.896. The molecule has 1 aromatic carbocycles. The predicted octanol–water partition coefficient (Wildman–Crippen LogP) is 2.69. The van der Waals surface area contributed by atoms with Gasteiger partial charge in [-0.1, -0.05) is 18.2 Å². The fourth-order valence-electron chi connectivity index (χ4n) is 3.02. The molecule has 1 unspecified atom stereocenters. The van der Waals surface area contributed by atoms with Crippen molar-refractivity contribution in [3.05, 3.63) is 52.2 Å². The summed E-state index contributed by atoms with van der Waals surface area (Å²) in [6.07, 6.45) is 0.727. The van der Waals surface area contributed by atoms with Crippen LogP contribution in [0.25, 0.3) is 0 Å². The highest BCUT2D eigenvalue weighted by Crippen LogP contribution is 2.32. The lowest BCUT2D eigenvalue weighted by Gasteiger charge is -2.20. The Morgan fingerprint density at radius 2 is 2.00 bits per heavy atom. The third kappa shape index (κ3) is 4.22. The van der Waals surface area contributed by atoms with Crippen LogP contribution in [-0.2, 0) is 21.1 Å². The Hall–Kier alpha value is -1.86. The lowest BCUT2D eigenvalue weighted by atomic mass is 10.1. The highest BCUT2D eigenvalue weighted by molar-refractivity contribution is 7.91. The van der Waals surface area contributed by atoms with Gasteiger partial charge in [-0.15, -0.1) is 11.3 Å². The summed E-state index contributed by atoms with van der Waals surface area (Å²) in [6.45, 7) is 0.732. The van der Waals surface area contributed by atoms with Gasteiger partial charge in [0.05, 0.1) is 24.5 Å². The number of sulfone groups is 1. The molecule has 2 heterocycles. The molecule has 3 rings (SSSR count). The Bertz CT molecular complexity index is 813. The van der Waals surface area contributed by atoms with Gasteiger partial charge >= 0.3 is 0 Å². The lowest BCUT2D eigenvalue weighted by Crippen LogP contribution is -2.34. The van der Waals surface area contributed by atoms with Crippen molar-refractivity contribution in [3.63, 3.8) is 0 Å². The van der Waals surface area contributed by atoms with Crippen LogP contribution in [0.3, 0.4) is 0 Å². The summed E-state index contributed by atoms with van der Waals surface area (Å²) in [4.78, 5) is 15.1. The number of hydrogen-bond acceptors (Lipinski definition) is 5. The second kappa shape index (κ2) is 7.58. The molecule has 0 aliphatic carbocycles. The Kier molecular flexibility index (Phi) is 5.44. The number of nitrogens with zero attached hydrogens (tertiary/aromatic N) is 1. The average molecular weight is 380 g/mol. The number of methoxy groups -OCH3 is 1. The van der Waals surface area contributed by atoms with Crippen molar-refractivity contribution in [1.82, 2.24) is 4.90 Å². The zero-order chi connectivity index (χ0) is 17.9. The third-order valence-corrected chi connectivity index (χ3v) is 7.71. The second-order valence-electron chi connectivity index (χ2n) is 6.07. The van der Waals surface area contributed by atoms with Gasteiger partial charge in [0.2, 0.25) is 5.91 Å². The van der Waals surface area contributed by atoms with Crippen molar-refractivity contribution in [1.29, 1.82) is 0 Å².